The van der Waals surface area contributed by atoms with Crippen molar-refractivity contribution in [3.63, 3.8) is 0 Å². The van der Waals surface area contributed by atoms with Crippen molar-refractivity contribution >= 4 is 23.7 Å². The van der Waals surface area contributed by atoms with Gasteiger partial charge in [0, 0.05) is 30.5 Å². The van der Waals surface area contributed by atoms with Crippen LogP contribution in [0.15, 0.2) is 24.0 Å². The number of hydrogen-bond acceptors (Lipinski definition) is 11. The van der Waals surface area contributed by atoms with E-state index in [0.717, 1.165) is 18.1 Å². The molecule has 2 N–H and O–H groups in total. The average molecular weight is 544 g/mol. The molecule has 2 bridgehead atoms. The molecule has 11 nitrogen and oxygen atoms in total. The fourth-order valence-electron chi connectivity index (χ4n) is 6.74. The number of carbonyl (C=O) groups excluding carboxylic acids is 4. The van der Waals surface area contributed by atoms with Crippen LogP contribution < -0.4 is 4.74 Å². The lowest BCUT2D eigenvalue weighted by Gasteiger charge is -2.61. The molecule has 1 saturated heterocycles. The topological polar surface area (TPSA) is 149 Å². The van der Waals surface area contributed by atoms with Gasteiger partial charge in [-0.1, -0.05) is 12.1 Å². The quantitative estimate of drug-likeness (QED) is 0.355. The summed E-state index contributed by atoms with van der Waals surface area (Å²) >= 11 is 0. The van der Waals surface area contributed by atoms with Gasteiger partial charge in [-0.3, -0.25) is 14.4 Å². The van der Waals surface area contributed by atoms with Crippen molar-refractivity contribution < 1.29 is 48.3 Å². The van der Waals surface area contributed by atoms with Gasteiger partial charge in [0.2, 0.25) is 0 Å². The Morgan fingerprint density at radius 3 is 2.62 bits per heavy atom. The summed E-state index contributed by atoms with van der Waals surface area (Å²) in [5.41, 5.74) is 0.449. The molecule has 4 aliphatic rings. The second kappa shape index (κ2) is 9.72. The van der Waals surface area contributed by atoms with Gasteiger partial charge in [-0.25, -0.2) is 4.79 Å². The number of likely N-dealkylation sites (N-methyl/N-ethyl adjacent to an activating group) is 1. The largest absolute Gasteiger partial charge is 0.481 e. The number of Topliss-reactive ketones (excluding diaryl/α,β-unsaturated/α-hetero) is 1. The number of nitrogens with zero attached hydrogens (tertiary/aromatic N) is 1. The van der Waals surface area contributed by atoms with Crippen molar-refractivity contribution in [3.05, 3.63) is 40.7 Å². The van der Waals surface area contributed by atoms with E-state index in [1.54, 1.807) is 6.08 Å². The third-order valence-electron chi connectivity index (χ3n) is 8.60. The Hall–Kier alpha value is -3.28. The molecule has 2 aliphatic heterocycles. The third-order valence-corrected chi connectivity index (χ3v) is 8.60. The molecule has 39 heavy (non-hydrogen) atoms. The summed E-state index contributed by atoms with van der Waals surface area (Å²) in [6.07, 6.45) is -0.916. The number of aliphatic hydroxyl groups excluding tert-OH is 1. The molecule has 1 fully saturated rings. The summed E-state index contributed by atoms with van der Waals surface area (Å²) in [5.74, 6) is -2.27. The Bertz CT molecular complexity index is 1270. The first-order chi connectivity index (χ1) is 18.4. The zero-order valence-corrected chi connectivity index (χ0v) is 22.4. The Labute approximate surface area is 225 Å². The maximum absolute atomic E-state index is 13.0. The molecule has 5 rings (SSSR count). The van der Waals surface area contributed by atoms with Gasteiger partial charge < -0.3 is 34.1 Å². The second-order valence-electron chi connectivity index (χ2n) is 10.9. The van der Waals surface area contributed by atoms with E-state index < -0.39 is 59.4 Å². The second-order valence-corrected chi connectivity index (χ2v) is 10.9. The van der Waals surface area contributed by atoms with Gasteiger partial charge in [-0.15, -0.1) is 0 Å². The van der Waals surface area contributed by atoms with E-state index in [-0.39, 0.29) is 24.8 Å². The number of piperidine rings is 1. The number of ketones is 1. The zero-order valence-electron chi connectivity index (χ0n) is 22.4. The maximum atomic E-state index is 13.0. The fraction of sp³-hybridized carbons (Fsp3) is 0.571. The highest BCUT2D eigenvalue weighted by Crippen LogP contribution is 2.64. The number of rotatable bonds is 8. The van der Waals surface area contributed by atoms with E-state index in [2.05, 4.69) is 4.90 Å². The van der Waals surface area contributed by atoms with E-state index in [1.165, 1.54) is 13.8 Å². The summed E-state index contributed by atoms with van der Waals surface area (Å²) in [6.45, 7) is 4.10. The molecule has 0 radical (unpaired) electrons. The van der Waals surface area contributed by atoms with Crippen LogP contribution in [0.3, 0.4) is 0 Å². The third kappa shape index (κ3) is 4.14. The summed E-state index contributed by atoms with van der Waals surface area (Å²) < 4.78 is 22.2. The van der Waals surface area contributed by atoms with Crippen LogP contribution in [0.1, 0.15) is 56.7 Å². The van der Waals surface area contributed by atoms with Gasteiger partial charge in [0.1, 0.15) is 11.5 Å². The number of aliphatic hydroxyl groups is 2. The van der Waals surface area contributed by atoms with Gasteiger partial charge in [0.05, 0.1) is 24.0 Å². The van der Waals surface area contributed by atoms with Gasteiger partial charge >= 0.3 is 17.9 Å². The minimum atomic E-state index is -1.33. The number of benzene rings is 1. The van der Waals surface area contributed by atoms with Crippen LogP contribution in [0.25, 0.3) is 0 Å². The van der Waals surface area contributed by atoms with Crippen LogP contribution >= 0.6 is 0 Å². The first-order valence-corrected chi connectivity index (χ1v) is 13.1. The SMILES string of the molecule is CC(=O)O[C@@H](CC(=O)O[C@@H](C)C(=O)OC1=CC[C@@]2(O)[C@H]3Cc4ccc(CO)c5c4[C@@]2(CCN3C)[C@H]1O5)C(C)=O. The Morgan fingerprint density at radius 2 is 1.95 bits per heavy atom. The van der Waals surface area contributed by atoms with Crippen LogP contribution in [0, 0.1) is 0 Å². The predicted molar refractivity (Wildman–Crippen MR) is 133 cm³/mol. The summed E-state index contributed by atoms with van der Waals surface area (Å²) in [4.78, 5) is 50.5. The lowest BCUT2D eigenvalue weighted by molar-refractivity contribution is -0.176. The number of esters is 3. The summed E-state index contributed by atoms with van der Waals surface area (Å²) in [7, 11) is 1.99. The van der Waals surface area contributed by atoms with Gasteiger partial charge in [-0.2, -0.15) is 0 Å². The van der Waals surface area contributed by atoms with Crippen LogP contribution in [0.2, 0.25) is 0 Å². The zero-order chi connectivity index (χ0) is 28.3. The lowest BCUT2D eigenvalue weighted by Crippen LogP contribution is -2.74. The maximum Gasteiger partial charge on any atom is 0.352 e. The highest BCUT2D eigenvalue weighted by Gasteiger charge is 2.71. The molecule has 2 aliphatic carbocycles. The molecular weight excluding hydrogens is 510 g/mol. The molecule has 0 saturated carbocycles. The van der Waals surface area contributed by atoms with Crippen molar-refractivity contribution in [1.82, 2.24) is 4.90 Å². The summed E-state index contributed by atoms with van der Waals surface area (Å²) in [6, 6.07) is 3.62. The fourth-order valence-corrected chi connectivity index (χ4v) is 6.74. The van der Waals surface area contributed by atoms with Crippen molar-refractivity contribution in [3.8, 4) is 5.75 Å². The van der Waals surface area contributed by atoms with E-state index in [4.69, 9.17) is 18.9 Å². The standard InChI is InChI=1S/C28H33NO10/c1-14(31)20(37-16(3)32)12-22(33)36-15(2)26(34)38-19-7-8-28(35)21-11-17-5-6-18(13-30)24-23(17)27(28,25(19)39-24)9-10-29(21)4/h5-7,15,20-21,25,30,35H,8-13H2,1-4H3/t15-,20-,21+,25-,27-,28+/m0/s1. The molecule has 11 heteroatoms. The molecular formula is C28H33NO10. The molecule has 210 valence electrons. The minimum Gasteiger partial charge on any atom is -0.481 e. The van der Waals surface area contributed by atoms with Crippen molar-refractivity contribution in [2.45, 2.75) is 88.4 Å². The number of hydrogen-bond donors (Lipinski definition) is 2. The monoisotopic (exact) mass is 543 g/mol. The number of likely N-dealkylation sites (tertiary alicyclic amines) is 1. The molecule has 0 unspecified atom stereocenters. The van der Waals surface area contributed by atoms with E-state index in [0.29, 0.717) is 30.7 Å². The van der Waals surface area contributed by atoms with Crippen molar-refractivity contribution in [1.29, 1.82) is 0 Å². The van der Waals surface area contributed by atoms with E-state index in [9.17, 15) is 29.4 Å². The molecule has 1 aromatic rings. The Kier molecular flexibility index (Phi) is 6.80. The Morgan fingerprint density at radius 1 is 1.21 bits per heavy atom. The van der Waals surface area contributed by atoms with Gasteiger partial charge in [-0.05, 0) is 51.9 Å². The average Bonchev–Trinajstić information content (AvgIpc) is 3.22. The molecule has 1 spiro atoms. The van der Waals surface area contributed by atoms with Crippen LogP contribution in [-0.2, 0) is 51.8 Å². The molecule has 1 aromatic carbocycles. The lowest BCUT2D eigenvalue weighted by atomic mass is 9.50. The summed E-state index contributed by atoms with van der Waals surface area (Å²) in [5, 5.41) is 22.2. The van der Waals surface area contributed by atoms with Gasteiger partial charge in [0.15, 0.2) is 24.1 Å². The van der Waals surface area contributed by atoms with Crippen LogP contribution in [0.5, 0.6) is 5.75 Å². The first kappa shape index (κ1) is 27.3. The van der Waals surface area contributed by atoms with Crippen molar-refractivity contribution in [2.75, 3.05) is 13.6 Å². The highest BCUT2D eigenvalue weighted by atomic mass is 16.6. The number of carbonyl (C=O) groups is 4. The minimum absolute atomic E-state index is 0.171. The van der Waals surface area contributed by atoms with E-state index >= 15 is 0 Å². The van der Waals surface area contributed by atoms with Crippen molar-refractivity contribution in [2.24, 2.45) is 0 Å². The first-order valence-electron chi connectivity index (χ1n) is 13.1. The van der Waals surface area contributed by atoms with Crippen LogP contribution in [0.4, 0.5) is 0 Å². The normalized spacial score (nSPS) is 29.7. The molecule has 0 amide bonds. The van der Waals surface area contributed by atoms with E-state index in [1.807, 2.05) is 19.2 Å². The van der Waals surface area contributed by atoms with Gasteiger partial charge in [0.25, 0.3) is 0 Å². The predicted octanol–water partition coefficient (Wildman–Crippen LogP) is 0.842. The molecule has 0 aromatic heterocycles. The highest BCUT2D eigenvalue weighted by molar-refractivity contribution is 5.88. The van der Waals surface area contributed by atoms with Crippen LogP contribution in [-0.4, -0.2) is 82.4 Å². The Balaban J connectivity index is 1.38. The molecule has 2 heterocycles. The number of ether oxygens (including phenoxy) is 4. The molecule has 6 atom stereocenters. The smallest absolute Gasteiger partial charge is 0.352 e.